The Labute approximate surface area is 831 Å². The van der Waals surface area contributed by atoms with E-state index in [-0.39, 0.29) is 59.6 Å². The minimum absolute atomic E-state index is 0.0264. The van der Waals surface area contributed by atoms with E-state index in [9.17, 15) is 0 Å². The van der Waals surface area contributed by atoms with Gasteiger partial charge in [0, 0.05) is 75.2 Å². The van der Waals surface area contributed by atoms with Gasteiger partial charge in [0.1, 0.15) is 0 Å². The van der Waals surface area contributed by atoms with Crippen LogP contribution in [0.15, 0.2) is 227 Å². The Balaban J connectivity index is 0.000000259. The standard InChI is InChI=1S/C70H87Cl2N3.C34H45Br2N.C18H22ClN/c1-44-31-54(71)32-45(2)63(44)74(56-27-23-48(24-28-56)65(5,6)7)61-41-60(42-62(43-61)75(64-46(3)33-55(72)34-47(64)4)57-29-25-49(26-30-57)66(8,9)10)73(58-37-50(67(11,12)13)35-51(38-58)68(14,15)16)59-39-52(69(17,18)19)36-53(40-59)70(20,21)22;1-31(2,3)22-13-23(32(4,5)6)16-28(15-22)37(30-20-26(35)19-27(36)21-30)29-17-24(33(7,8)9)14-25(18-29)34(10,11)12;1-12-10-15(19)11-13(2)17(12)20-16-8-6-14(7-9-16)18(3,4)5/h23-43H,1-22H3;13-21H,1-12H3;6-11,20H,1-5H3. The predicted molar refractivity (Wildman–Crippen MR) is 592 cm³/mol. The van der Waals surface area contributed by atoms with Gasteiger partial charge in [0.05, 0.1) is 28.4 Å². The van der Waals surface area contributed by atoms with E-state index in [1.54, 1.807) is 0 Å². The lowest BCUT2D eigenvalue weighted by molar-refractivity contribution is 0.567. The third-order valence-corrected chi connectivity index (χ3v) is 26.8. The lowest BCUT2D eigenvalue weighted by Crippen LogP contribution is -2.22. The second kappa shape index (κ2) is 39.3. The van der Waals surface area contributed by atoms with Crippen LogP contribution in [0, 0.1) is 41.5 Å². The second-order valence-electron chi connectivity index (χ2n) is 48.5. The minimum atomic E-state index is -0.127. The number of hydrogen-bond acceptors (Lipinski definition) is 5. The van der Waals surface area contributed by atoms with Gasteiger partial charge in [-0.25, -0.2) is 0 Å². The smallest absolute Gasteiger partial charge is 0.0521 e. The molecule has 12 aromatic carbocycles. The summed E-state index contributed by atoms with van der Waals surface area (Å²) < 4.78 is 2.10. The Hall–Kier alpha value is -8.53. The Morgan fingerprint density at radius 2 is 0.371 bits per heavy atom. The van der Waals surface area contributed by atoms with E-state index in [1.165, 1.54) is 72.6 Å². The molecule has 0 heterocycles. The normalized spacial score (nSPS) is 12.7. The zero-order chi connectivity index (χ0) is 98.8. The SMILES string of the molecule is CC(C)(C)c1cc(N(c2cc(Br)cc(Br)c2)c2cc(C(C)(C)C)cc(C(C)(C)C)c2)cc(C(C)(C)C)c1.Cc1cc(Cl)cc(C)c1N(c1ccc(C(C)(C)C)cc1)c1cc(N(c2cc(C(C)(C)C)cc(C(C)(C)C)c2)c2cc(C(C)(C)C)cc(C(C)(C)C)c2)cc(N(c2ccc(C(C)(C)C)cc2)c2c(C)cc(Cl)cc2C)c1.Cc1cc(Cl)cc(C)c1Nc1ccc(C(C)(C)C)cc1. The monoisotopic (exact) mass is 1950 g/mol. The number of nitrogens with zero attached hydrogens (tertiary/aromatic N) is 4. The van der Waals surface area contributed by atoms with Gasteiger partial charge in [-0.2, -0.15) is 0 Å². The van der Waals surface area contributed by atoms with Crippen molar-refractivity contribution in [3.63, 3.8) is 0 Å². The summed E-state index contributed by atoms with van der Waals surface area (Å²) in [6.07, 6.45) is 0. The van der Waals surface area contributed by atoms with Gasteiger partial charge in [-0.3, -0.25) is 0 Å². The maximum atomic E-state index is 6.91. The maximum absolute atomic E-state index is 6.91. The third kappa shape index (κ3) is 26.2. The van der Waals surface area contributed by atoms with Gasteiger partial charge in [-0.05, 0) is 353 Å². The van der Waals surface area contributed by atoms with Crippen molar-refractivity contribution in [3.8, 4) is 0 Å². The Kier molecular flexibility index (Phi) is 31.4. The Bertz CT molecular complexity index is 5620. The highest BCUT2D eigenvalue weighted by Crippen LogP contribution is 2.53. The van der Waals surface area contributed by atoms with Gasteiger partial charge in [-0.15, -0.1) is 0 Å². The average Bonchev–Trinajstić information content (AvgIpc) is 0.742. The molecule has 5 nitrogen and oxygen atoms in total. The number of aryl methyl sites for hydroxylation is 6. The van der Waals surface area contributed by atoms with Gasteiger partial charge >= 0.3 is 0 Å². The number of nitrogens with one attached hydrogen (secondary N) is 1. The highest BCUT2D eigenvalue weighted by molar-refractivity contribution is 9.11. The first kappa shape index (κ1) is 106. The second-order valence-corrected chi connectivity index (χ2v) is 51.6. The van der Waals surface area contributed by atoms with Crippen LogP contribution in [0.3, 0.4) is 0 Å². The van der Waals surface area contributed by atoms with Crippen LogP contribution in [0.2, 0.25) is 15.1 Å². The van der Waals surface area contributed by atoms with Crippen molar-refractivity contribution in [2.24, 2.45) is 0 Å². The number of rotatable bonds is 14. The fourth-order valence-corrected chi connectivity index (χ4v) is 19.1. The highest BCUT2D eigenvalue weighted by atomic mass is 79.9. The fraction of sp³-hybridized carbons (Fsp3) is 0.410. The van der Waals surface area contributed by atoms with Crippen molar-refractivity contribution in [2.45, 2.75) is 330 Å². The molecule has 0 aromatic heterocycles. The van der Waals surface area contributed by atoms with Crippen molar-refractivity contribution in [1.82, 2.24) is 0 Å². The van der Waals surface area contributed by atoms with E-state index in [4.69, 9.17) is 34.8 Å². The van der Waals surface area contributed by atoms with Gasteiger partial charge < -0.3 is 24.9 Å². The minimum Gasteiger partial charge on any atom is -0.355 e. The number of benzene rings is 12. The lowest BCUT2D eigenvalue weighted by Gasteiger charge is -2.36. The molecule has 0 saturated heterocycles. The van der Waals surface area contributed by atoms with Crippen LogP contribution in [-0.4, -0.2) is 0 Å². The predicted octanol–water partition coefficient (Wildman–Crippen LogP) is 40.3. The number of anilines is 14. The molecule has 0 unspecified atom stereocenters. The summed E-state index contributed by atoms with van der Waals surface area (Å²) in [7, 11) is 0. The molecule has 0 amide bonds. The molecule has 12 aromatic rings. The molecule has 1 N–H and O–H groups in total. The largest absolute Gasteiger partial charge is 0.355 e. The maximum Gasteiger partial charge on any atom is 0.0521 e. The highest BCUT2D eigenvalue weighted by Gasteiger charge is 2.34. The molecule has 0 aliphatic rings. The molecule has 0 atom stereocenters. The third-order valence-electron chi connectivity index (χ3n) is 25.3. The van der Waals surface area contributed by atoms with E-state index in [0.717, 1.165) is 126 Å². The van der Waals surface area contributed by atoms with Crippen molar-refractivity contribution in [1.29, 1.82) is 0 Å². The summed E-state index contributed by atoms with van der Waals surface area (Å²) in [5, 5.41) is 5.71. The molecule has 0 spiro atoms. The van der Waals surface area contributed by atoms with Crippen LogP contribution >= 0.6 is 66.7 Å². The van der Waals surface area contributed by atoms with Crippen LogP contribution < -0.4 is 24.9 Å². The molecule has 0 saturated carbocycles. The molecule has 0 fully saturated rings. The van der Waals surface area contributed by atoms with Crippen molar-refractivity contribution in [2.75, 3.05) is 24.9 Å². The summed E-state index contributed by atoms with van der Waals surface area (Å²) in [6.45, 7) is 88.8. The lowest BCUT2D eigenvalue weighted by atomic mass is 9.79. The van der Waals surface area contributed by atoms with E-state index >= 15 is 0 Å². The Morgan fingerprint density at radius 3 is 0.583 bits per heavy atom. The summed E-state index contributed by atoms with van der Waals surface area (Å²) in [4.78, 5) is 9.90. The topological polar surface area (TPSA) is 25.0 Å². The van der Waals surface area contributed by atoms with Gasteiger partial charge in [0.2, 0.25) is 0 Å². The summed E-state index contributed by atoms with van der Waals surface area (Å²) in [5.41, 5.74) is 36.1. The van der Waals surface area contributed by atoms with Crippen LogP contribution in [0.5, 0.6) is 0 Å². The zero-order valence-corrected chi connectivity index (χ0v) is 92.9. The molecule has 0 bridgehead atoms. The van der Waals surface area contributed by atoms with Crippen LogP contribution in [-0.2, 0) is 59.6 Å². The molecule has 10 heteroatoms. The van der Waals surface area contributed by atoms with Crippen LogP contribution in [0.1, 0.15) is 323 Å². The number of halogens is 5. The average molecular weight is 1960 g/mol. The van der Waals surface area contributed by atoms with Gasteiger partial charge in [0.25, 0.3) is 0 Å². The molecule has 0 aliphatic heterocycles. The van der Waals surface area contributed by atoms with Gasteiger partial charge in [0.15, 0.2) is 0 Å². The summed E-state index contributed by atoms with van der Waals surface area (Å²) in [6, 6.07) is 82.0. The van der Waals surface area contributed by atoms with Crippen molar-refractivity contribution < 1.29 is 0 Å². The van der Waals surface area contributed by atoms with Crippen molar-refractivity contribution in [3.05, 3.63) is 337 Å². The van der Waals surface area contributed by atoms with Gasteiger partial charge in [-0.1, -0.05) is 356 Å². The number of hydrogen-bond donors (Lipinski definition) is 1. The first-order valence-corrected chi connectivity index (χ1v) is 49.9. The molecule has 0 radical (unpaired) electrons. The molecular weight excluding hydrogens is 1800 g/mol. The molecule has 132 heavy (non-hydrogen) atoms. The Morgan fingerprint density at radius 1 is 0.189 bits per heavy atom. The summed E-state index contributed by atoms with van der Waals surface area (Å²) >= 11 is 27.4. The van der Waals surface area contributed by atoms with E-state index in [1.807, 2.05) is 12.1 Å². The van der Waals surface area contributed by atoms with Crippen LogP contribution in [0.25, 0.3) is 0 Å². The molecule has 0 aliphatic carbocycles. The fourth-order valence-electron chi connectivity index (χ4n) is 16.8. The molecule has 12 rings (SSSR count). The van der Waals surface area contributed by atoms with Crippen LogP contribution in [0.4, 0.5) is 79.6 Å². The van der Waals surface area contributed by atoms with E-state index in [0.29, 0.717) is 0 Å². The molecular formula is C122H154Br2Cl3N5. The quantitative estimate of drug-likeness (QED) is 0.117. The molecule has 702 valence electrons. The van der Waals surface area contributed by atoms with Crippen molar-refractivity contribution >= 4 is 146 Å². The summed E-state index contributed by atoms with van der Waals surface area (Å²) in [5.74, 6) is 0. The first-order chi connectivity index (χ1) is 60.3. The first-order valence-electron chi connectivity index (χ1n) is 47.2. The van der Waals surface area contributed by atoms with E-state index < -0.39 is 0 Å². The van der Waals surface area contributed by atoms with E-state index in [2.05, 4.69) is 533 Å². The zero-order valence-electron chi connectivity index (χ0n) is 87.5.